The lowest BCUT2D eigenvalue weighted by Crippen LogP contribution is -2.50. The van der Waals surface area contributed by atoms with Crippen LogP contribution in [0.3, 0.4) is 0 Å². The van der Waals surface area contributed by atoms with Crippen LogP contribution in [0.5, 0.6) is 17.2 Å². The van der Waals surface area contributed by atoms with E-state index in [1.807, 2.05) is 72.8 Å². The van der Waals surface area contributed by atoms with Crippen LogP contribution in [-0.4, -0.2) is 27.3 Å². The summed E-state index contributed by atoms with van der Waals surface area (Å²) in [5.74, 6) is 4.22. The maximum atomic E-state index is 14.5. The lowest BCUT2D eigenvalue weighted by molar-refractivity contribution is -0.160. The average Bonchev–Trinajstić information content (AvgIpc) is 2.95. The monoisotopic (exact) mass is 532 g/mol. The van der Waals surface area contributed by atoms with Crippen LogP contribution in [0.4, 0.5) is 0 Å². The fraction of sp³-hybridized carbons (Fsp3) is 0.406. The summed E-state index contributed by atoms with van der Waals surface area (Å²) in [5, 5.41) is 0. The van der Waals surface area contributed by atoms with Crippen molar-refractivity contribution < 1.29 is 23.2 Å². The first-order valence-corrected chi connectivity index (χ1v) is 15.0. The Labute approximate surface area is 227 Å². The molecule has 38 heavy (non-hydrogen) atoms. The molecule has 7 rings (SSSR count). The quantitative estimate of drug-likeness (QED) is 0.298. The molecule has 0 aliphatic heterocycles. The first kappa shape index (κ1) is 25.2. The van der Waals surface area contributed by atoms with Gasteiger partial charge in [-0.15, -0.1) is 0 Å². The number of methoxy groups -OCH3 is 3. The molecule has 4 aliphatic rings. The van der Waals surface area contributed by atoms with Crippen LogP contribution in [0.25, 0.3) is 0 Å². The molecule has 4 bridgehead atoms. The van der Waals surface area contributed by atoms with Crippen LogP contribution in [0.1, 0.15) is 38.5 Å². The van der Waals surface area contributed by atoms with E-state index in [1.54, 1.807) is 21.3 Å². The van der Waals surface area contributed by atoms with Crippen molar-refractivity contribution in [3.63, 3.8) is 0 Å². The number of rotatable bonds is 8. The molecule has 5 nitrogen and oxygen atoms in total. The lowest BCUT2D eigenvalue weighted by atomic mass is 9.49. The van der Waals surface area contributed by atoms with E-state index in [1.165, 1.54) is 19.3 Å². The number of benzene rings is 3. The predicted molar refractivity (Wildman–Crippen MR) is 148 cm³/mol. The zero-order chi connectivity index (χ0) is 26.3. The minimum absolute atomic E-state index is 0.0333. The number of hydrogen-bond acceptors (Lipinski definition) is 5. The van der Waals surface area contributed by atoms with E-state index in [0.717, 1.165) is 51.2 Å². The Morgan fingerprint density at radius 2 is 0.921 bits per heavy atom. The van der Waals surface area contributed by atoms with Gasteiger partial charge < -0.3 is 18.4 Å². The SMILES string of the molecule is COc1ccc(S(OC(=O)C23CC4CC(CC(C4)C2)C3)(c2ccc(OC)cc2)c2ccc(OC)cc2)cc1. The van der Waals surface area contributed by atoms with Crippen LogP contribution >= 0.6 is 10.3 Å². The minimum atomic E-state index is -2.42. The van der Waals surface area contributed by atoms with E-state index in [4.69, 9.17) is 18.4 Å². The van der Waals surface area contributed by atoms with E-state index >= 15 is 0 Å². The maximum absolute atomic E-state index is 14.5. The van der Waals surface area contributed by atoms with Gasteiger partial charge in [-0.25, -0.2) is 0 Å². The minimum Gasteiger partial charge on any atom is -0.497 e. The molecule has 6 heteroatoms. The third-order valence-electron chi connectivity index (χ3n) is 8.85. The first-order chi connectivity index (χ1) is 18.5. The van der Waals surface area contributed by atoms with Crippen LogP contribution in [0, 0.1) is 23.2 Å². The standard InChI is InChI=1S/C32H36O5S/c1-34-25-4-10-28(11-5-25)38(29-12-6-26(35-2)7-13-29,30-14-8-27(36-3)9-15-30)37-31(33)32-19-22-16-23(20-32)18-24(17-22)21-32/h4-15,22-24H,16-21H2,1-3H3. The van der Waals surface area contributed by atoms with Gasteiger partial charge in [-0.1, -0.05) is 0 Å². The molecule has 4 saturated carbocycles. The second-order valence-electron chi connectivity index (χ2n) is 11.2. The molecule has 3 aromatic rings. The zero-order valence-corrected chi connectivity index (χ0v) is 23.2. The second-order valence-corrected chi connectivity index (χ2v) is 13.8. The van der Waals surface area contributed by atoms with E-state index in [-0.39, 0.29) is 11.4 Å². The summed E-state index contributed by atoms with van der Waals surface area (Å²) in [6.45, 7) is 0. The Balaban J connectivity index is 1.51. The fourth-order valence-corrected chi connectivity index (χ4v) is 10.5. The maximum Gasteiger partial charge on any atom is 0.323 e. The molecule has 0 heterocycles. The van der Waals surface area contributed by atoms with Gasteiger partial charge in [0.15, 0.2) is 0 Å². The van der Waals surface area contributed by atoms with E-state index in [2.05, 4.69) is 0 Å². The molecule has 0 unspecified atom stereocenters. The zero-order valence-electron chi connectivity index (χ0n) is 22.4. The highest BCUT2D eigenvalue weighted by molar-refractivity contribution is 8.30. The Hall–Kier alpha value is -3.12. The molecular weight excluding hydrogens is 496 g/mol. The first-order valence-electron chi connectivity index (χ1n) is 13.5. The predicted octanol–water partition coefficient (Wildman–Crippen LogP) is 7.67. The molecule has 0 radical (unpaired) electrons. The summed E-state index contributed by atoms with van der Waals surface area (Å²) in [5.41, 5.74) is -0.377. The van der Waals surface area contributed by atoms with Crippen molar-refractivity contribution in [3.8, 4) is 17.2 Å². The van der Waals surface area contributed by atoms with Crippen LogP contribution in [-0.2, 0) is 8.98 Å². The summed E-state index contributed by atoms with van der Waals surface area (Å²) in [7, 11) is 2.57. The van der Waals surface area contributed by atoms with Crippen LogP contribution in [0.2, 0.25) is 0 Å². The Morgan fingerprint density at radius 1 is 0.605 bits per heavy atom. The molecule has 4 fully saturated rings. The fourth-order valence-electron chi connectivity index (χ4n) is 7.42. The summed E-state index contributed by atoms with van der Waals surface area (Å²) in [6, 6.07) is 23.9. The van der Waals surface area contributed by atoms with Gasteiger partial charge in [0.2, 0.25) is 0 Å². The van der Waals surface area contributed by atoms with Crippen molar-refractivity contribution in [1.29, 1.82) is 0 Å². The Morgan fingerprint density at radius 3 is 1.21 bits per heavy atom. The van der Waals surface area contributed by atoms with E-state index in [0.29, 0.717) is 17.8 Å². The van der Waals surface area contributed by atoms with Gasteiger partial charge in [0, 0.05) is 14.7 Å². The molecule has 0 spiro atoms. The molecular formula is C32H36O5S. The highest BCUT2D eigenvalue weighted by Gasteiger charge is 2.57. The van der Waals surface area contributed by atoms with Crippen LogP contribution < -0.4 is 14.2 Å². The molecule has 0 N–H and O–H groups in total. The van der Waals surface area contributed by atoms with Crippen molar-refractivity contribution >= 4 is 16.3 Å². The summed E-state index contributed by atoms with van der Waals surface area (Å²) in [6.07, 6.45) is 6.71. The van der Waals surface area contributed by atoms with E-state index in [9.17, 15) is 4.79 Å². The number of hydrogen-bond donors (Lipinski definition) is 0. The third-order valence-corrected chi connectivity index (χ3v) is 12.1. The number of carbonyl (C=O) groups excluding carboxylic acids is 1. The van der Waals surface area contributed by atoms with Gasteiger partial charge in [-0.3, -0.25) is 4.79 Å². The van der Waals surface area contributed by atoms with Crippen molar-refractivity contribution in [2.24, 2.45) is 23.2 Å². The molecule has 0 saturated heterocycles. The topological polar surface area (TPSA) is 54.0 Å². The Bertz CT molecular complexity index is 1130. The van der Waals surface area contributed by atoms with Gasteiger partial charge in [0.25, 0.3) is 0 Å². The van der Waals surface area contributed by atoms with Gasteiger partial charge in [0.05, 0.1) is 26.7 Å². The summed E-state index contributed by atoms with van der Waals surface area (Å²) in [4.78, 5) is 17.4. The molecule has 3 aromatic carbocycles. The van der Waals surface area contributed by atoms with Crippen LogP contribution in [0.15, 0.2) is 87.5 Å². The molecule has 200 valence electrons. The van der Waals surface area contributed by atoms with Crippen molar-refractivity contribution in [3.05, 3.63) is 72.8 Å². The van der Waals surface area contributed by atoms with Gasteiger partial charge >= 0.3 is 5.97 Å². The largest absolute Gasteiger partial charge is 0.497 e. The second kappa shape index (κ2) is 9.88. The normalized spacial score (nSPS) is 26.0. The smallest absolute Gasteiger partial charge is 0.323 e. The molecule has 0 amide bonds. The summed E-state index contributed by atoms with van der Waals surface area (Å²) < 4.78 is 23.4. The van der Waals surface area contributed by atoms with Crippen molar-refractivity contribution in [1.82, 2.24) is 0 Å². The lowest BCUT2D eigenvalue weighted by Gasteiger charge is -2.56. The highest BCUT2D eigenvalue weighted by atomic mass is 32.3. The third kappa shape index (κ3) is 4.23. The van der Waals surface area contributed by atoms with E-state index < -0.39 is 10.3 Å². The highest BCUT2D eigenvalue weighted by Crippen LogP contribution is 2.71. The average molecular weight is 533 g/mol. The van der Waals surface area contributed by atoms with Gasteiger partial charge in [-0.2, -0.15) is 0 Å². The Kier molecular flexibility index (Phi) is 6.55. The molecule has 0 atom stereocenters. The van der Waals surface area contributed by atoms with Gasteiger partial charge in [-0.05, 0) is 139 Å². The molecule has 4 aliphatic carbocycles. The summed E-state index contributed by atoms with van der Waals surface area (Å²) >= 11 is 0. The number of ether oxygens (including phenoxy) is 3. The van der Waals surface area contributed by atoms with Crippen molar-refractivity contribution in [2.75, 3.05) is 21.3 Å². The molecule has 0 aromatic heterocycles. The van der Waals surface area contributed by atoms with Crippen molar-refractivity contribution in [2.45, 2.75) is 53.2 Å². The van der Waals surface area contributed by atoms with Gasteiger partial charge in [0.1, 0.15) is 17.2 Å². The number of carbonyl (C=O) groups is 1.